The SMILES string of the molecule is CC(C)CC(NC(O)CN(C)C(C)(C)C=O)C(=O)O. The summed E-state index contributed by atoms with van der Waals surface area (Å²) in [7, 11) is 1.71. The third kappa shape index (κ3) is 6.66. The van der Waals surface area contributed by atoms with Crippen LogP contribution in [0.25, 0.3) is 0 Å². The van der Waals surface area contributed by atoms with Gasteiger partial charge in [-0.15, -0.1) is 0 Å². The van der Waals surface area contributed by atoms with E-state index < -0.39 is 23.8 Å². The number of rotatable bonds is 9. The number of carboxylic acid groups (broad SMARTS) is 1. The molecule has 6 nitrogen and oxygen atoms in total. The largest absolute Gasteiger partial charge is 0.480 e. The highest BCUT2D eigenvalue weighted by Crippen LogP contribution is 2.10. The molecule has 19 heavy (non-hydrogen) atoms. The first-order valence-corrected chi connectivity index (χ1v) is 6.44. The molecular weight excluding hydrogens is 248 g/mol. The second-order valence-corrected chi connectivity index (χ2v) is 5.85. The van der Waals surface area contributed by atoms with Crippen molar-refractivity contribution in [2.75, 3.05) is 13.6 Å². The van der Waals surface area contributed by atoms with Crippen molar-refractivity contribution in [3.8, 4) is 0 Å². The Morgan fingerprint density at radius 3 is 2.32 bits per heavy atom. The van der Waals surface area contributed by atoms with Gasteiger partial charge in [-0.3, -0.25) is 15.0 Å². The molecule has 0 saturated heterocycles. The molecule has 0 radical (unpaired) electrons. The Morgan fingerprint density at radius 1 is 1.42 bits per heavy atom. The Bertz CT molecular complexity index is 305. The molecule has 0 spiro atoms. The molecular formula is C13H26N2O4. The van der Waals surface area contributed by atoms with Gasteiger partial charge in [-0.05, 0) is 33.2 Å². The van der Waals surface area contributed by atoms with Crippen LogP contribution in [0.5, 0.6) is 0 Å². The highest BCUT2D eigenvalue weighted by molar-refractivity contribution is 5.73. The van der Waals surface area contributed by atoms with Crippen LogP contribution >= 0.6 is 0 Å². The van der Waals surface area contributed by atoms with E-state index in [0.717, 1.165) is 6.29 Å². The Labute approximate surface area is 114 Å². The lowest BCUT2D eigenvalue weighted by atomic mass is 10.0. The highest BCUT2D eigenvalue weighted by Gasteiger charge is 2.27. The third-order valence-corrected chi connectivity index (χ3v) is 3.12. The molecule has 0 aromatic heterocycles. The van der Waals surface area contributed by atoms with Gasteiger partial charge < -0.3 is 15.0 Å². The lowest BCUT2D eigenvalue weighted by Crippen LogP contribution is -2.53. The second-order valence-electron chi connectivity index (χ2n) is 5.85. The van der Waals surface area contributed by atoms with Crippen molar-refractivity contribution >= 4 is 12.3 Å². The van der Waals surface area contributed by atoms with E-state index in [1.54, 1.807) is 25.8 Å². The molecule has 0 aliphatic rings. The van der Waals surface area contributed by atoms with E-state index in [1.165, 1.54) is 0 Å². The van der Waals surface area contributed by atoms with Crippen LogP contribution in [0.3, 0.4) is 0 Å². The summed E-state index contributed by atoms with van der Waals surface area (Å²) in [6, 6.07) is -0.789. The van der Waals surface area contributed by atoms with Crippen molar-refractivity contribution < 1.29 is 19.8 Å². The summed E-state index contributed by atoms with van der Waals surface area (Å²) in [5, 5.41) is 21.6. The maximum absolute atomic E-state index is 11.1. The van der Waals surface area contributed by atoms with Crippen LogP contribution < -0.4 is 5.32 Å². The molecule has 0 fully saturated rings. The summed E-state index contributed by atoms with van der Waals surface area (Å²) in [4.78, 5) is 23.6. The van der Waals surface area contributed by atoms with Gasteiger partial charge in [0.25, 0.3) is 0 Å². The molecule has 112 valence electrons. The van der Waals surface area contributed by atoms with Crippen LogP contribution in [0.2, 0.25) is 0 Å². The van der Waals surface area contributed by atoms with Crippen molar-refractivity contribution in [3.05, 3.63) is 0 Å². The summed E-state index contributed by atoms with van der Waals surface area (Å²) in [6.45, 7) is 7.48. The quantitative estimate of drug-likeness (QED) is 0.414. The van der Waals surface area contributed by atoms with E-state index in [1.807, 2.05) is 13.8 Å². The predicted octanol–water partition coefficient (Wildman–Crippen LogP) is 0.303. The van der Waals surface area contributed by atoms with Crippen LogP contribution in [-0.4, -0.2) is 58.8 Å². The molecule has 2 atom stereocenters. The Balaban J connectivity index is 4.45. The van der Waals surface area contributed by atoms with Crippen molar-refractivity contribution in [1.82, 2.24) is 10.2 Å². The van der Waals surface area contributed by atoms with Gasteiger partial charge in [-0.2, -0.15) is 0 Å². The number of carboxylic acids is 1. The molecule has 6 heteroatoms. The smallest absolute Gasteiger partial charge is 0.320 e. The first kappa shape index (κ1) is 18.0. The number of hydrogen-bond donors (Lipinski definition) is 3. The Kier molecular flexibility index (Phi) is 7.18. The molecule has 0 aromatic rings. The first-order chi connectivity index (χ1) is 8.60. The Morgan fingerprint density at radius 2 is 1.95 bits per heavy atom. The maximum Gasteiger partial charge on any atom is 0.320 e. The number of nitrogens with one attached hydrogen (secondary N) is 1. The fourth-order valence-corrected chi connectivity index (χ4v) is 1.58. The number of β-amino-alcohol motifs (C(OH)–C–C–N with tert-alkyl or cyclic N) is 1. The normalized spacial score (nSPS) is 15.6. The fraction of sp³-hybridized carbons (Fsp3) is 0.846. The second kappa shape index (κ2) is 7.57. The molecule has 0 aromatic carbocycles. The number of carbonyl (C=O) groups excluding carboxylic acids is 1. The van der Waals surface area contributed by atoms with Crippen molar-refractivity contribution in [2.45, 2.75) is 51.9 Å². The van der Waals surface area contributed by atoms with E-state index >= 15 is 0 Å². The van der Waals surface area contributed by atoms with Crippen LogP contribution in [0.15, 0.2) is 0 Å². The zero-order chi connectivity index (χ0) is 15.2. The number of carbonyl (C=O) groups is 2. The lowest BCUT2D eigenvalue weighted by molar-refractivity contribution is -0.141. The van der Waals surface area contributed by atoms with Gasteiger partial charge in [-0.25, -0.2) is 0 Å². The monoisotopic (exact) mass is 274 g/mol. The van der Waals surface area contributed by atoms with Gasteiger partial charge in [0.05, 0.1) is 5.54 Å². The van der Waals surface area contributed by atoms with E-state index in [-0.39, 0.29) is 12.5 Å². The summed E-state index contributed by atoms with van der Waals surface area (Å²) in [5.74, 6) is -0.769. The average molecular weight is 274 g/mol. The summed E-state index contributed by atoms with van der Waals surface area (Å²) < 4.78 is 0. The van der Waals surface area contributed by atoms with E-state index in [4.69, 9.17) is 5.11 Å². The molecule has 0 amide bonds. The minimum Gasteiger partial charge on any atom is -0.480 e. The number of likely N-dealkylation sites (N-methyl/N-ethyl adjacent to an activating group) is 1. The van der Waals surface area contributed by atoms with Gasteiger partial charge >= 0.3 is 5.97 Å². The van der Waals surface area contributed by atoms with E-state index in [2.05, 4.69) is 5.32 Å². The lowest BCUT2D eigenvalue weighted by Gasteiger charge is -2.33. The standard InChI is InChI=1S/C13H26N2O4/c1-9(2)6-10(12(18)19)14-11(17)7-15(5)13(3,4)8-16/h8-11,14,17H,6-7H2,1-5H3,(H,18,19). The minimum absolute atomic E-state index is 0.174. The molecule has 0 rings (SSSR count). The predicted molar refractivity (Wildman–Crippen MR) is 72.8 cm³/mol. The summed E-state index contributed by atoms with van der Waals surface area (Å²) in [5.41, 5.74) is -0.695. The number of hydrogen-bond acceptors (Lipinski definition) is 5. The maximum atomic E-state index is 11.1. The number of aliphatic carboxylic acids is 1. The van der Waals surface area contributed by atoms with E-state index in [9.17, 15) is 14.7 Å². The Hall–Kier alpha value is -0.980. The fourth-order valence-electron chi connectivity index (χ4n) is 1.58. The molecule has 0 aliphatic carbocycles. The van der Waals surface area contributed by atoms with Gasteiger partial charge in [0.2, 0.25) is 0 Å². The number of aliphatic hydroxyl groups excluding tert-OH is 1. The number of nitrogens with zero attached hydrogens (tertiary/aromatic N) is 1. The summed E-state index contributed by atoms with van der Waals surface area (Å²) >= 11 is 0. The molecule has 3 N–H and O–H groups in total. The molecule has 2 unspecified atom stereocenters. The van der Waals surface area contributed by atoms with Crippen LogP contribution in [0, 0.1) is 5.92 Å². The number of aliphatic hydroxyl groups is 1. The van der Waals surface area contributed by atoms with Crippen LogP contribution in [-0.2, 0) is 9.59 Å². The van der Waals surface area contributed by atoms with Gasteiger partial charge in [0.15, 0.2) is 0 Å². The van der Waals surface area contributed by atoms with Gasteiger partial charge in [-0.1, -0.05) is 13.8 Å². The number of aldehydes is 1. The summed E-state index contributed by atoms with van der Waals surface area (Å²) in [6.07, 6.45) is 0.236. The zero-order valence-electron chi connectivity index (χ0n) is 12.4. The van der Waals surface area contributed by atoms with Crippen molar-refractivity contribution in [2.24, 2.45) is 5.92 Å². The average Bonchev–Trinajstić information content (AvgIpc) is 2.27. The highest BCUT2D eigenvalue weighted by atomic mass is 16.4. The third-order valence-electron chi connectivity index (χ3n) is 3.12. The molecule has 0 heterocycles. The molecule has 0 aliphatic heterocycles. The topological polar surface area (TPSA) is 89.9 Å². The van der Waals surface area contributed by atoms with Gasteiger partial charge in [0.1, 0.15) is 18.6 Å². The first-order valence-electron chi connectivity index (χ1n) is 6.44. The zero-order valence-corrected chi connectivity index (χ0v) is 12.4. The van der Waals surface area contributed by atoms with Crippen LogP contribution in [0.1, 0.15) is 34.1 Å². The van der Waals surface area contributed by atoms with Crippen molar-refractivity contribution in [1.29, 1.82) is 0 Å². The van der Waals surface area contributed by atoms with Crippen molar-refractivity contribution in [3.63, 3.8) is 0 Å². The van der Waals surface area contributed by atoms with Gasteiger partial charge in [0, 0.05) is 6.54 Å². The molecule has 0 bridgehead atoms. The molecule has 0 saturated carbocycles. The minimum atomic E-state index is -0.996. The van der Waals surface area contributed by atoms with E-state index in [0.29, 0.717) is 6.42 Å². The van der Waals surface area contributed by atoms with Crippen LogP contribution in [0.4, 0.5) is 0 Å².